The number of hydrogen-bond acceptors (Lipinski definition) is 3. The second-order valence-corrected chi connectivity index (χ2v) is 4.96. The van der Waals surface area contributed by atoms with Gasteiger partial charge in [0.05, 0.1) is 25.6 Å². The smallest absolute Gasteiger partial charge is 0.416 e. The number of nitrogens with one attached hydrogen (secondary N) is 2. The first-order chi connectivity index (χ1) is 11.4. The summed E-state index contributed by atoms with van der Waals surface area (Å²) in [5, 5.41) is 6.10. The van der Waals surface area contributed by atoms with Crippen LogP contribution in [-0.4, -0.2) is 38.7 Å². The summed E-state index contributed by atoms with van der Waals surface area (Å²) in [6, 6.07) is 5.08. The topological polar surface area (TPSA) is 62.7 Å². The average molecular weight is 345 g/mol. The van der Waals surface area contributed by atoms with Gasteiger partial charge in [-0.15, -0.1) is 0 Å². The van der Waals surface area contributed by atoms with E-state index in [2.05, 4.69) is 20.4 Å². The molecular formula is C16H22F3N3O2. The van der Waals surface area contributed by atoms with E-state index < -0.39 is 11.7 Å². The number of benzene rings is 1. The molecule has 0 saturated carbocycles. The van der Waals surface area contributed by atoms with E-state index in [9.17, 15) is 18.0 Å². The zero-order valence-corrected chi connectivity index (χ0v) is 13.7. The first-order valence-electron chi connectivity index (χ1n) is 7.62. The summed E-state index contributed by atoms with van der Waals surface area (Å²) in [5.41, 5.74) is 0.137. The van der Waals surface area contributed by atoms with Gasteiger partial charge in [0.25, 0.3) is 0 Å². The van der Waals surface area contributed by atoms with Gasteiger partial charge >= 0.3 is 12.1 Å². The van der Waals surface area contributed by atoms with Gasteiger partial charge in [0.15, 0.2) is 5.96 Å². The third-order valence-electron chi connectivity index (χ3n) is 3.15. The minimum atomic E-state index is -4.32. The van der Waals surface area contributed by atoms with Crippen LogP contribution in [0.2, 0.25) is 0 Å². The van der Waals surface area contributed by atoms with Gasteiger partial charge in [-0.05, 0) is 31.0 Å². The molecule has 0 unspecified atom stereocenters. The van der Waals surface area contributed by atoms with E-state index in [0.717, 1.165) is 17.7 Å². The predicted octanol–water partition coefficient (Wildman–Crippen LogP) is 2.37. The molecule has 0 fully saturated rings. The van der Waals surface area contributed by atoms with Crippen LogP contribution in [0.4, 0.5) is 13.2 Å². The third-order valence-corrected chi connectivity index (χ3v) is 3.15. The van der Waals surface area contributed by atoms with E-state index in [1.54, 1.807) is 0 Å². The summed E-state index contributed by atoms with van der Waals surface area (Å²) in [5.74, 6) is 0.215. The summed E-state index contributed by atoms with van der Waals surface area (Å²) in [7, 11) is 1.32. The molecule has 0 amide bonds. The maximum Gasteiger partial charge on any atom is 0.416 e. The van der Waals surface area contributed by atoms with Crippen LogP contribution in [0.1, 0.15) is 24.5 Å². The molecule has 8 heteroatoms. The largest absolute Gasteiger partial charge is 0.469 e. The van der Waals surface area contributed by atoms with Crippen molar-refractivity contribution in [3.8, 4) is 0 Å². The first kappa shape index (κ1) is 19.8. The second-order valence-electron chi connectivity index (χ2n) is 4.96. The third kappa shape index (κ3) is 7.34. The van der Waals surface area contributed by atoms with Crippen molar-refractivity contribution in [3.05, 3.63) is 35.4 Å². The van der Waals surface area contributed by atoms with Gasteiger partial charge in [-0.3, -0.25) is 9.79 Å². The lowest BCUT2D eigenvalue weighted by molar-refractivity contribution is -0.140. The van der Waals surface area contributed by atoms with Crippen LogP contribution < -0.4 is 10.6 Å². The monoisotopic (exact) mass is 345 g/mol. The van der Waals surface area contributed by atoms with Crippen molar-refractivity contribution < 1.29 is 22.7 Å². The minimum absolute atomic E-state index is 0.186. The number of guanidine groups is 1. The summed E-state index contributed by atoms with van der Waals surface area (Å²) < 4.78 is 42.0. The number of rotatable bonds is 7. The van der Waals surface area contributed by atoms with E-state index in [1.165, 1.54) is 19.2 Å². The molecule has 0 aliphatic rings. The molecule has 0 aliphatic heterocycles. The summed E-state index contributed by atoms with van der Waals surface area (Å²) >= 11 is 0. The number of carbonyl (C=O) groups is 1. The molecule has 0 aliphatic carbocycles. The Hall–Kier alpha value is -2.25. The Labute approximate surface area is 139 Å². The average Bonchev–Trinajstić information content (AvgIpc) is 2.54. The Kier molecular flexibility index (Phi) is 8.08. The molecule has 1 rings (SSSR count). The highest BCUT2D eigenvalue weighted by Crippen LogP contribution is 2.29. The molecule has 0 radical (unpaired) electrons. The highest BCUT2D eigenvalue weighted by atomic mass is 19.4. The van der Waals surface area contributed by atoms with Gasteiger partial charge in [0.2, 0.25) is 0 Å². The lowest BCUT2D eigenvalue weighted by Gasteiger charge is -2.12. The van der Waals surface area contributed by atoms with Gasteiger partial charge in [-0.1, -0.05) is 12.1 Å². The SMILES string of the molecule is CCNC(=NCCC(=O)OC)NCCc1ccc(C(F)(F)F)cc1. The molecule has 1 aromatic carbocycles. The Morgan fingerprint density at radius 3 is 2.42 bits per heavy atom. The number of nitrogens with zero attached hydrogens (tertiary/aromatic N) is 1. The fourth-order valence-corrected chi connectivity index (χ4v) is 1.89. The molecule has 24 heavy (non-hydrogen) atoms. The Bertz CT molecular complexity index is 542. The number of ether oxygens (including phenoxy) is 1. The van der Waals surface area contributed by atoms with Crippen LogP contribution in [0.25, 0.3) is 0 Å². The molecule has 1 aromatic rings. The minimum Gasteiger partial charge on any atom is -0.469 e. The lowest BCUT2D eigenvalue weighted by Crippen LogP contribution is -2.38. The van der Waals surface area contributed by atoms with Crippen LogP contribution in [-0.2, 0) is 22.1 Å². The highest BCUT2D eigenvalue weighted by Gasteiger charge is 2.29. The highest BCUT2D eigenvalue weighted by molar-refractivity contribution is 5.80. The van der Waals surface area contributed by atoms with E-state index in [4.69, 9.17) is 0 Å². The van der Waals surface area contributed by atoms with Gasteiger partial charge in [-0.2, -0.15) is 13.2 Å². The first-order valence-corrected chi connectivity index (χ1v) is 7.62. The normalized spacial score (nSPS) is 12.0. The predicted molar refractivity (Wildman–Crippen MR) is 85.8 cm³/mol. The number of alkyl halides is 3. The summed E-state index contributed by atoms with van der Waals surface area (Å²) in [6.45, 7) is 3.37. The van der Waals surface area contributed by atoms with E-state index in [1.807, 2.05) is 6.92 Å². The molecular weight excluding hydrogens is 323 g/mol. The molecule has 2 N–H and O–H groups in total. The molecule has 0 heterocycles. The molecule has 0 spiro atoms. The van der Waals surface area contributed by atoms with Crippen molar-refractivity contribution in [2.45, 2.75) is 25.9 Å². The Morgan fingerprint density at radius 1 is 1.21 bits per heavy atom. The number of aliphatic imine (C=N–C) groups is 1. The van der Waals surface area contributed by atoms with Gasteiger partial charge in [0, 0.05) is 13.1 Å². The fraction of sp³-hybridized carbons (Fsp3) is 0.500. The summed E-state index contributed by atoms with van der Waals surface area (Å²) in [6.07, 6.45) is -3.58. The van der Waals surface area contributed by atoms with Crippen LogP contribution in [0, 0.1) is 0 Å². The van der Waals surface area contributed by atoms with E-state index in [-0.39, 0.29) is 12.4 Å². The zero-order chi connectivity index (χ0) is 18.0. The molecule has 0 atom stereocenters. The van der Waals surface area contributed by atoms with Crippen LogP contribution >= 0.6 is 0 Å². The van der Waals surface area contributed by atoms with Crippen molar-refractivity contribution in [3.63, 3.8) is 0 Å². The van der Waals surface area contributed by atoms with E-state index in [0.29, 0.717) is 32.0 Å². The zero-order valence-electron chi connectivity index (χ0n) is 13.7. The van der Waals surface area contributed by atoms with Crippen molar-refractivity contribution in [1.82, 2.24) is 10.6 Å². The quantitative estimate of drug-likeness (QED) is 0.452. The second kappa shape index (κ2) is 9.79. The van der Waals surface area contributed by atoms with E-state index >= 15 is 0 Å². The van der Waals surface area contributed by atoms with Crippen molar-refractivity contribution in [2.75, 3.05) is 26.7 Å². The summed E-state index contributed by atoms with van der Waals surface area (Å²) in [4.78, 5) is 15.3. The maximum absolute atomic E-state index is 12.5. The Balaban J connectivity index is 2.47. The Morgan fingerprint density at radius 2 is 1.88 bits per heavy atom. The standard InChI is InChI=1S/C16H22F3N3O2/c1-3-20-15(22-11-9-14(23)24-2)21-10-8-12-4-6-13(7-5-12)16(17,18)19/h4-7H,3,8-11H2,1-2H3,(H2,20,21,22). The van der Waals surface area contributed by atoms with Gasteiger partial charge < -0.3 is 15.4 Å². The van der Waals surface area contributed by atoms with Gasteiger partial charge in [-0.25, -0.2) is 0 Å². The van der Waals surface area contributed by atoms with Crippen LogP contribution in [0.3, 0.4) is 0 Å². The molecule has 0 aromatic heterocycles. The molecule has 0 bridgehead atoms. The van der Waals surface area contributed by atoms with Crippen LogP contribution in [0.15, 0.2) is 29.3 Å². The number of halogens is 3. The van der Waals surface area contributed by atoms with Crippen molar-refractivity contribution in [1.29, 1.82) is 0 Å². The van der Waals surface area contributed by atoms with Crippen LogP contribution in [0.5, 0.6) is 0 Å². The number of carbonyl (C=O) groups excluding carboxylic acids is 1. The maximum atomic E-state index is 12.5. The van der Waals surface area contributed by atoms with Crippen molar-refractivity contribution >= 4 is 11.9 Å². The molecule has 5 nitrogen and oxygen atoms in total. The molecule has 134 valence electrons. The molecule has 0 saturated heterocycles. The van der Waals surface area contributed by atoms with Gasteiger partial charge in [0.1, 0.15) is 0 Å². The fourth-order valence-electron chi connectivity index (χ4n) is 1.89. The number of hydrogen-bond donors (Lipinski definition) is 2. The number of methoxy groups -OCH3 is 1. The van der Waals surface area contributed by atoms with Crippen molar-refractivity contribution in [2.24, 2.45) is 4.99 Å². The number of esters is 1. The lowest BCUT2D eigenvalue weighted by atomic mass is 10.1.